The minimum atomic E-state index is 0.198. The Morgan fingerprint density at radius 3 is 2.90 bits per heavy atom. The van der Waals surface area contributed by atoms with Crippen LogP contribution < -0.4 is 5.73 Å². The number of nitrogens with two attached hydrogens (primary N) is 1. The van der Waals surface area contributed by atoms with E-state index in [-0.39, 0.29) is 6.10 Å². The van der Waals surface area contributed by atoms with Crippen molar-refractivity contribution in [3.8, 4) is 0 Å². The van der Waals surface area contributed by atoms with Gasteiger partial charge in [0, 0.05) is 5.56 Å². The molecule has 108 valence electrons. The van der Waals surface area contributed by atoms with Gasteiger partial charge in [-0.15, -0.1) is 0 Å². The summed E-state index contributed by atoms with van der Waals surface area (Å²) in [6, 6.07) is 16.6. The molecule has 0 aromatic heterocycles. The molecule has 2 aromatic rings. The van der Waals surface area contributed by atoms with E-state index in [0.717, 1.165) is 24.0 Å². The maximum atomic E-state index is 6.15. The number of ether oxygens (including phenoxy) is 1. The van der Waals surface area contributed by atoms with E-state index in [1.165, 1.54) is 17.5 Å². The Labute approximate surface area is 130 Å². The Morgan fingerprint density at radius 2 is 2.05 bits per heavy atom. The molecule has 0 amide bonds. The van der Waals surface area contributed by atoms with Crippen LogP contribution in [0.25, 0.3) is 0 Å². The van der Waals surface area contributed by atoms with Gasteiger partial charge in [-0.2, -0.15) is 0 Å². The van der Waals surface area contributed by atoms with E-state index < -0.39 is 0 Å². The number of aryl methyl sites for hydroxylation is 1. The van der Waals surface area contributed by atoms with Crippen LogP contribution in [-0.4, -0.2) is 4.99 Å². The molecule has 1 aliphatic carbocycles. The van der Waals surface area contributed by atoms with Crippen molar-refractivity contribution in [3.63, 3.8) is 0 Å². The van der Waals surface area contributed by atoms with Gasteiger partial charge in [0.05, 0.1) is 12.7 Å². The third kappa shape index (κ3) is 3.31. The molecular formula is C18H19NOS. The summed E-state index contributed by atoms with van der Waals surface area (Å²) in [4.78, 5) is 0.430. The van der Waals surface area contributed by atoms with E-state index in [2.05, 4.69) is 30.3 Å². The van der Waals surface area contributed by atoms with Crippen LogP contribution in [0.5, 0.6) is 0 Å². The molecule has 1 aliphatic rings. The van der Waals surface area contributed by atoms with E-state index in [0.29, 0.717) is 11.6 Å². The van der Waals surface area contributed by atoms with Gasteiger partial charge in [-0.1, -0.05) is 54.7 Å². The zero-order chi connectivity index (χ0) is 14.7. The summed E-state index contributed by atoms with van der Waals surface area (Å²) < 4.78 is 6.15. The first kappa shape index (κ1) is 14.2. The predicted octanol–water partition coefficient (Wildman–Crippen LogP) is 3.92. The van der Waals surface area contributed by atoms with Gasteiger partial charge in [0.25, 0.3) is 0 Å². The fourth-order valence-electron chi connectivity index (χ4n) is 2.89. The van der Waals surface area contributed by atoms with Crippen LogP contribution in [0, 0.1) is 0 Å². The lowest BCUT2D eigenvalue weighted by Gasteiger charge is -2.25. The first-order valence-corrected chi connectivity index (χ1v) is 7.73. The lowest BCUT2D eigenvalue weighted by molar-refractivity contribution is 0.0283. The molecule has 0 spiro atoms. The van der Waals surface area contributed by atoms with Crippen LogP contribution in [0.15, 0.2) is 48.5 Å². The SMILES string of the molecule is NC(=S)c1cccc(COC2CCCc3ccccc32)c1. The number of hydrogen-bond acceptors (Lipinski definition) is 2. The minimum absolute atomic E-state index is 0.198. The lowest BCUT2D eigenvalue weighted by Crippen LogP contribution is -2.13. The molecule has 1 unspecified atom stereocenters. The molecule has 0 bridgehead atoms. The highest BCUT2D eigenvalue weighted by Gasteiger charge is 2.20. The average molecular weight is 297 g/mol. The van der Waals surface area contributed by atoms with Crippen LogP contribution in [0.2, 0.25) is 0 Å². The molecule has 2 aromatic carbocycles. The zero-order valence-electron chi connectivity index (χ0n) is 11.9. The van der Waals surface area contributed by atoms with Crippen molar-refractivity contribution in [1.29, 1.82) is 0 Å². The van der Waals surface area contributed by atoms with Crippen LogP contribution in [-0.2, 0) is 17.8 Å². The number of benzene rings is 2. The molecule has 2 N–H and O–H groups in total. The summed E-state index contributed by atoms with van der Waals surface area (Å²) in [5.41, 5.74) is 10.5. The Hall–Kier alpha value is -1.71. The van der Waals surface area contributed by atoms with E-state index in [9.17, 15) is 0 Å². The Balaban J connectivity index is 1.71. The number of rotatable bonds is 4. The third-order valence-electron chi connectivity index (χ3n) is 3.98. The number of thiocarbonyl (C=S) groups is 1. The second-order valence-corrected chi connectivity index (χ2v) is 5.90. The van der Waals surface area contributed by atoms with Gasteiger partial charge < -0.3 is 10.5 Å². The van der Waals surface area contributed by atoms with Crippen molar-refractivity contribution in [2.75, 3.05) is 0 Å². The second-order valence-electron chi connectivity index (χ2n) is 5.46. The normalized spacial score (nSPS) is 17.2. The molecule has 0 heterocycles. The van der Waals surface area contributed by atoms with Crippen molar-refractivity contribution < 1.29 is 4.74 Å². The van der Waals surface area contributed by atoms with Gasteiger partial charge in [-0.25, -0.2) is 0 Å². The molecule has 0 fully saturated rings. The van der Waals surface area contributed by atoms with Crippen LogP contribution in [0.1, 0.15) is 41.2 Å². The molecule has 21 heavy (non-hydrogen) atoms. The fraction of sp³-hybridized carbons (Fsp3) is 0.278. The van der Waals surface area contributed by atoms with E-state index in [1.54, 1.807) is 0 Å². The largest absolute Gasteiger partial charge is 0.389 e. The van der Waals surface area contributed by atoms with Gasteiger partial charge in [-0.05, 0) is 42.0 Å². The first-order chi connectivity index (χ1) is 10.2. The maximum absolute atomic E-state index is 6.15. The highest BCUT2D eigenvalue weighted by molar-refractivity contribution is 7.80. The molecule has 3 rings (SSSR count). The summed E-state index contributed by atoms with van der Waals surface area (Å²) in [5.74, 6) is 0. The minimum Gasteiger partial charge on any atom is -0.389 e. The van der Waals surface area contributed by atoms with Crippen molar-refractivity contribution in [3.05, 3.63) is 70.8 Å². The second kappa shape index (κ2) is 6.37. The third-order valence-corrected chi connectivity index (χ3v) is 4.21. The topological polar surface area (TPSA) is 35.2 Å². The monoisotopic (exact) mass is 297 g/mol. The van der Waals surface area contributed by atoms with Crippen molar-refractivity contribution in [2.24, 2.45) is 5.73 Å². The summed E-state index contributed by atoms with van der Waals surface area (Å²) in [6.07, 6.45) is 3.64. The fourth-order valence-corrected chi connectivity index (χ4v) is 3.02. The molecular weight excluding hydrogens is 278 g/mol. The van der Waals surface area contributed by atoms with Gasteiger partial charge >= 0.3 is 0 Å². The molecule has 0 aliphatic heterocycles. The zero-order valence-corrected chi connectivity index (χ0v) is 12.7. The van der Waals surface area contributed by atoms with Crippen molar-refractivity contribution in [2.45, 2.75) is 32.0 Å². The van der Waals surface area contributed by atoms with Crippen molar-refractivity contribution >= 4 is 17.2 Å². The van der Waals surface area contributed by atoms with E-state index in [4.69, 9.17) is 22.7 Å². The molecule has 1 atom stereocenters. The van der Waals surface area contributed by atoms with Gasteiger partial charge in [0.1, 0.15) is 4.99 Å². The number of hydrogen-bond donors (Lipinski definition) is 1. The highest BCUT2D eigenvalue weighted by atomic mass is 32.1. The van der Waals surface area contributed by atoms with Crippen LogP contribution in [0.4, 0.5) is 0 Å². The molecule has 0 saturated heterocycles. The van der Waals surface area contributed by atoms with Gasteiger partial charge in [-0.3, -0.25) is 0 Å². The van der Waals surface area contributed by atoms with Gasteiger partial charge in [0.2, 0.25) is 0 Å². The van der Waals surface area contributed by atoms with Crippen LogP contribution >= 0.6 is 12.2 Å². The first-order valence-electron chi connectivity index (χ1n) is 7.32. The van der Waals surface area contributed by atoms with E-state index >= 15 is 0 Å². The summed E-state index contributed by atoms with van der Waals surface area (Å²) in [7, 11) is 0. The molecule has 0 radical (unpaired) electrons. The molecule has 0 saturated carbocycles. The molecule has 2 nitrogen and oxygen atoms in total. The quantitative estimate of drug-likeness (QED) is 0.869. The Kier molecular flexibility index (Phi) is 4.32. The highest BCUT2D eigenvalue weighted by Crippen LogP contribution is 2.32. The standard InChI is InChI=1S/C18H19NOS/c19-18(21)15-8-3-5-13(11-15)12-20-17-10-4-7-14-6-1-2-9-16(14)17/h1-3,5-6,8-9,11,17H,4,7,10,12H2,(H2,19,21). The smallest absolute Gasteiger partial charge is 0.103 e. The predicted molar refractivity (Wildman–Crippen MR) is 89.2 cm³/mol. The van der Waals surface area contributed by atoms with Crippen molar-refractivity contribution in [1.82, 2.24) is 0 Å². The summed E-state index contributed by atoms with van der Waals surface area (Å²) in [6.45, 7) is 0.593. The van der Waals surface area contributed by atoms with E-state index in [1.807, 2.05) is 18.2 Å². The maximum Gasteiger partial charge on any atom is 0.103 e. The summed E-state index contributed by atoms with van der Waals surface area (Å²) in [5, 5.41) is 0. The van der Waals surface area contributed by atoms with Gasteiger partial charge in [0.15, 0.2) is 0 Å². The Bertz CT molecular complexity index is 653. The Morgan fingerprint density at radius 1 is 1.19 bits per heavy atom. The molecule has 3 heteroatoms. The number of fused-ring (bicyclic) bond motifs is 1. The summed E-state index contributed by atoms with van der Waals surface area (Å²) >= 11 is 5.02. The average Bonchev–Trinajstić information content (AvgIpc) is 2.53. The lowest BCUT2D eigenvalue weighted by atomic mass is 9.89. The van der Waals surface area contributed by atoms with Crippen LogP contribution in [0.3, 0.4) is 0 Å².